The number of hydrogen-bond donors (Lipinski definition) is 0. The van der Waals surface area contributed by atoms with E-state index in [4.69, 9.17) is 0 Å². The number of benzene rings is 1. The molecule has 1 aromatic rings. The van der Waals surface area contributed by atoms with Gasteiger partial charge in [0, 0.05) is 39.0 Å². The summed E-state index contributed by atoms with van der Waals surface area (Å²) in [5, 5.41) is 0. The van der Waals surface area contributed by atoms with Crippen LogP contribution < -0.4 is 0 Å². The lowest BCUT2D eigenvalue weighted by Crippen LogP contribution is -2.39. The Kier molecular flexibility index (Phi) is 5.28. The molecule has 2 amide bonds. The van der Waals surface area contributed by atoms with Crippen molar-refractivity contribution in [3.8, 4) is 0 Å². The normalized spacial score (nSPS) is 23.5. The second kappa shape index (κ2) is 7.81. The highest BCUT2D eigenvalue weighted by atomic mass is 16.2. The molecule has 1 aliphatic carbocycles. The van der Waals surface area contributed by atoms with Gasteiger partial charge in [-0.15, -0.1) is 0 Å². The van der Waals surface area contributed by atoms with Crippen molar-refractivity contribution in [2.45, 2.75) is 57.3 Å². The summed E-state index contributed by atoms with van der Waals surface area (Å²) >= 11 is 0. The SMILES string of the molecule is O=C1CCCN1CCC1CCN(C(=O)C[C@H]2CCc3ccccc32)CC1. The number of amides is 2. The van der Waals surface area contributed by atoms with Gasteiger partial charge in [-0.1, -0.05) is 24.3 Å². The first-order chi connectivity index (χ1) is 12.7. The fraction of sp³-hybridized carbons (Fsp3) is 0.636. The number of hydrogen-bond acceptors (Lipinski definition) is 2. The zero-order valence-electron chi connectivity index (χ0n) is 15.7. The summed E-state index contributed by atoms with van der Waals surface area (Å²) in [6.45, 7) is 3.65. The van der Waals surface area contributed by atoms with Crippen molar-refractivity contribution in [2.24, 2.45) is 5.92 Å². The van der Waals surface area contributed by atoms with E-state index in [-0.39, 0.29) is 0 Å². The van der Waals surface area contributed by atoms with Gasteiger partial charge in [0.1, 0.15) is 0 Å². The first kappa shape index (κ1) is 17.6. The van der Waals surface area contributed by atoms with Gasteiger partial charge in [0.25, 0.3) is 0 Å². The van der Waals surface area contributed by atoms with E-state index in [1.165, 1.54) is 11.1 Å². The minimum atomic E-state index is 0.328. The Morgan fingerprint density at radius 1 is 1.04 bits per heavy atom. The molecule has 1 aromatic carbocycles. The maximum Gasteiger partial charge on any atom is 0.223 e. The van der Waals surface area contributed by atoms with Gasteiger partial charge in [-0.2, -0.15) is 0 Å². The maximum atomic E-state index is 12.8. The Labute approximate surface area is 156 Å². The molecular weight excluding hydrogens is 324 g/mol. The molecule has 2 heterocycles. The summed E-state index contributed by atoms with van der Waals surface area (Å²) in [5.41, 5.74) is 2.83. The quantitative estimate of drug-likeness (QED) is 0.813. The average molecular weight is 354 g/mol. The molecule has 1 atom stereocenters. The predicted molar refractivity (Wildman–Crippen MR) is 102 cm³/mol. The van der Waals surface area contributed by atoms with Crippen LogP contribution in [-0.4, -0.2) is 47.8 Å². The molecule has 4 heteroatoms. The Morgan fingerprint density at radius 2 is 1.85 bits per heavy atom. The van der Waals surface area contributed by atoms with Crippen LogP contribution in [0.4, 0.5) is 0 Å². The van der Waals surface area contributed by atoms with Gasteiger partial charge in [0.05, 0.1) is 0 Å². The molecule has 140 valence electrons. The zero-order valence-corrected chi connectivity index (χ0v) is 15.7. The fourth-order valence-electron chi connectivity index (χ4n) is 4.95. The lowest BCUT2D eigenvalue weighted by atomic mass is 9.92. The van der Waals surface area contributed by atoms with E-state index in [0.717, 1.165) is 71.1 Å². The molecule has 0 N–H and O–H groups in total. The highest BCUT2D eigenvalue weighted by Gasteiger charge is 2.29. The summed E-state index contributed by atoms with van der Waals surface area (Å²) < 4.78 is 0. The largest absolute Gasteiger partial charge is 0.343 e. The molecule has 3 aliphatic rings. The molecule has 2 aliphatic heterocycles. The van der Waals surface area contributed by atoms with Crippen molar-refractivity contribution in [3.05, 3.63) is 35.4 Å². The van der Waals surface area contributed by atoms with E-state index < -0.39 is 0 Å². The van der Waals surface area contributed by atoms with Crippen molar-refractivity contribution < 1.29 is 9.59 Å². The number of carbonyl (C=O) groups excluding carboxylic acids is 2. The van der Waals surface area contributed by atoms with E-state index >= 15 is 0 Å². The van der Waals surface area contributed by atoms with Crippen LogP contribution in [0.25, 0.3) is 0 Å². The van der Waals surface area contributed by atoms with Crippen LogP contribution in [0.3, 0.4) is 0 Å². The highest BCUT2D eigenvalue weighted by Crippen LogP contribution is 2.36. The standard InChI is InChI=1S/C22H30N2O2/c25-21-6-3-12-23(21)13-9-17-10-14-24(15-11-17)22(26)16-19-8-7-18-4-1-2-5-20(18)19/h1-2,4-5,17,19H,3,6-16H2/t19-/m1/s1. The third-order valence-corrected chi connectivity index (χ3v) is 6.62. The summed E-state index contributed by atoms with van der Waals surface area (Å²) in [5.74, 6) is 1.74. The molecule has 0 saturated carbocycles. The van der Waals surface area contributed by atoms with Crippen molar-refractivity contribution >= 4 is 11.8 Å². The van der Waals surface area contributed by atoms with Crippen LogP contribution in [0.15, 0.2) is 24.3 Å². The molecular formula is C22H30N2O2. The van der Waals surface area contributed by atoms with Crippen molar-refractivity contribution in [1.29, 1.82) is 0 Å². The second-order valence-corrected chi connectivity index (χ2v) is 8.24. The Morgan fingerprint density at radius 3 is 2.62 bits per heavy atom. The smallest absolute Gasteiger partial charge is 0.223 e. The Bertz CT molecular complexity index is 664. The zero-order chi connectivity index (χ0) is 17.9. The second-order valence-electron chi connectivity index (χ2n) is 8.24. The van der Waals surface area contributed by atoms with Gasteiger partial charge < -0.3 is 9.80 Å². The third kappa shape index (κ3) is 3.79. The molecule has 0 bridgehead atoms. The molecule has 4 nitrogen and oxygen atoms in total. The lowest BCUT2D eigenvalue weighted by Gasteiger charge is -2.33. The summed E-state index contributed by atoms with van der Waals surface area (Å²) in [4.78, 5) is 28.6. The topological polar surface area (TPSA) is 40.6 Å². The third-order valence-electron chi connectivity index (χ3n) is 6.62. The highest BCUT2D eigenvalue weighted by molar-refractivity contribution is 5.78. The van der Waals surface area contributed by atoms with Crippen LogP contribution in [0, 0.1) is 5.92 Å². The molecule has 0 radical (unpaired) electrons. The molecule has 0 spiro atoms. The lowest BCUT2D eigenvalue weighted by molar-refractivity contribution is -0.133. The number of aryl methyl sites for hydroxylation is 1. The summed E-state index contributed by atoms with van der Waals surface area (Å²) in [6, 6.07) is 8.60. The molecule has 0 aromatic heterocycles. The average Bonchev–Trinajstić information content (AvgIpc) is 3.27. The fourth-order valence-corrected chi connectivity index (χ4v) is 4.95. The number of carbonyl (C=O) groups is 2. The number of fused-ring (bicyclic) bond motifs is 1. The molecule has 0 unspecified atom stereocenters. The number of rotatable bonds is 5. The molecule has 2 fully saturated rings. The van der Waals surface area contributed by atoms with Gasteiger partial charge in [-0.05, 0) is 61.5 Å². The van der Waals surface area contributed by atoms with E-state index in [1.807, 2.05) is 4.90 Å². The first-order valence-corrected chi connectivity index (χ1v) is 10.3. The van der Waals surface area contributed by atoms with Crippen molar-refractivity contribution in [1.82, 2.24) is 9.80 Å². The molecule has 4 rings (SSSR count). The van der Waals surface area contributed by atoms with Gasteiger partial charge in [0.15, 0.2) is 0 Å². The van der Waals surface area contributed by atoms with E-state index in [9.17, 15) is 9.59 Å². The minimum Gasteiger partial charge on any atom is -0.343 e. The Hall–Kier alpha value is -1.84. The minimum absolute atomic E-state index is 0.328. The first-order valence-electron chi connectivity index (χ1n) is 10.3. The van der Waals surface area contributed by atoms with Crippen LogP contribution in [-0.2, 0) is 16.0 Å². The number of piperidine rings is 1. The monoisotopic (exact) mass is 354 g/mol. The van der Waals surface area contributed by atoms with E-state index in [2.05, 4.69) is 29.2 Å². The van der Waals surface area contributed by atoms with Crippen molar-refractivity contribution in [2.75, 3.05) is 26.2 Å². The molecule has 26 heavy (non-hydrogen) atoms. The summed E-state index contributed by atoms with van der Waals surface area (Å²) in [6.07, 6.45) is 7.95. The number of likely N-dealkylation sites (tertiary alicyclic amines) is 2. The number of nitrogens with zero attached hydrogens (tertiary/aromatic N) is 2. The van der Waals surface area contributed by atoms with E-state index in [1.54, 1.807) is 0 Å². The Balaban J connectivity index is 1.22. The van der Waals surface area contributed by atoms with Crippen LogP contribution in [0.2, 0.25) is 0 Å². The predicted octanol–water partition coefficient (Wildman–Crippen LogP) is 3.36. The van der Waals surface area contributed by atoms with Gasteiger partial charge >= 0.3 is 0 Å². The summed E-state index contributed by atoms with van der Waals surface area (Å²) in [7, 11) is 0. The van der Waals surface area contributed by atoms with Crippen molar-refractivity contribution in [3.63, 3.8) is 0 Å². The molecule has 2 saturated heterocycles. The van der Waals surface area contributed by atoms with Crippen LogP contribution in [0.1, 0.15) is 62.0 Å². The van der Waals surface area contributed by atoms with Gasteiger partial charge in [0.2, 0.25) is 11.8 Å². The van der Waals surface area contributed by atoms with Gasteiger partial charge in [-0.25, -0.2) is 0 Å². The van der Waals surface area contributed by atoms with E-state index in [0.29, 0.717) is 30.1 Å². The maximum absolute atomic E-state index is 12.8. The van der Waals surface area contributed by atoms with Crippen LogP contribution in [0.5, 0.6) is 0 Å². The van der Waals surface area contributed by atoms with Crippen LogP contribution >= 0.6 is 0 Å². The van der Waals surface area contributed by atoms with Gasteiger partial charge in [-0.3, -0.25) is 9.59 Å².